The van der Waals surface area contributed by atoms with E-state index in [2.05, 4.69) is 15.3 Å². The molecule has 0 radical (unpaired) electrons. The van der Waals surface area contributed by atoms with Crippen LogP contribution in [0.2, 0.25) is 5.02 Å². The van der Waals surface area contributed by atoms with Gasteiger partial charge >= 0.3 is 0 Å². The molecule has 7 nitrogen and oxygen atoms in total. The fourth-order valence-electron chi connectivity index (χ4n) is 2.06. The van der Waals surface area contributed by atoms with E-state index >= 15 is 0 Å². The first-order valence-corrected chi connectivity index (χ1v) is 7.55. The van der Waals surface area contributed by atoms with E-state index in [4.69, 9.17) is 23.8 Å². The lowest BCUT2D eigenvalue weighted by atomic mass is 10.2. The number of benzene rings is 2. The predicted molar refractivity (Wildman–Crippen MR) is 93.9 cm³/mol. The number of halogens is 1. The van der Waals surface area contributed by atoms with Crippen LogP contribution in [0.15, 0.2) is 53.6 Å². The van der Waals surface area contributed by atoms with Gasteiger partial charge in [-0.25, -0.2) is 5.10 Å². The molecule has 0 saturated carbocycles. The number of nitrogens with zero attached hydrogens (tertiary/aromatic N) is 4. The molecule has 2 aromatic carbocycles. The molecule has 1 heterocycles. The maximum atomic E-state index is 10.8. The minimum absolute atomic E-state index is 0.00944. The maximum Gasteiger partial charge on any atom is 0.270 e. The summed E-state index contributed by atoms with van der Waals surface area (Å²) in [6, 6.07) is 13.3. The smallest absolute Gasteiger partial charge is 0.258 e. The molecule has 0 spiro atoms. The number of nitro benzene ring substituents is 1. The van der Waals surface area contributed by atoms with Gasteiger partial charge in [0.15, 0.2) is 5.82 Å². The van der Waals surface area contributed by atoms with Crippen molar-refractivity contribution in [2.24, 2.45) is 5.10 Å². The molecule has 0 amide bonds. The Balaban J connectivity index is 1.99. The molecule has 24 heavy (non-hydrogen) atoms. The predicted octanol–water partition coefficient (Wildman–Crippen LogP) is 4.05. The molecule has 3 rings (SSSR count). The Morgan fingerprint density at radius 1 is 1.29 bits per heavy atom. The Bertz CT molecular complexity index is 995. The second-order valence-electron chi connectivity index (χ2n) is 4.77. The van der Waals surface area contributed by atoms with Crippen LogP contribution in [0.25, 0.3) is 11.4 Å². The van der Waals surface area contributed by atoms with Crippen LogP contribution in [0.1, 0.15) is 5.56 Å². The third-order valence-corrected chi connectivity index (χ3v) is 3.64. The minimum Gasteiger partial charge on any atom is -0.258 e. The maximum absolute atomic E-state index is 10.8. The molecule has 0 aliphatic carbocycles. The molecule has 0 unspecified atom stereocenters. The van der Waals surface area contributed by atoms with E-state index in [1.807, 2.05) is 6.07 Å². The summed E-state index contributed by atoms with van der Waals surface area (Å²) in [6.45, 7) is 0. The zero-order valence-corrected chi connectivity index (χ0v) is 13.7. The molecule has 1 N–H and O–H groups in total. The van der Waals surface area contributed by atoms with Crippen LogP contribution in [-0.2, 0) is 0 Å². The minimum atomic E-state index is -0.460. The monoisotopic (exact) mass is 359 g/mol. The van der Waals surface area contributed by atoms with Crippen LogP contribution >= 0.6 is 23.8 Å². The van der Waals surface area contributed by atoms with Crippen LogP contribution in [-0.4, -0.2) is 26.0 Å². The first kappa shape index (κ1) is 16.0. The van der Waals surface area contributed by atoms with Gasteiger partial charge < -0.3 is 0 Å². The summed E-state index contributed by atoms with van der Waals surface area (Å²) < 4.78 is 1.73. The largest absolute Gasteiger partial charge is 0.270 e. The average molecular weight is 360 g/mol. The lowest BCUT2D eigenvalue weighted by molar-refractivity contribution is -0.384. The number of nitro groups is 1. The van der Waals surface area contributed by atoms with Gasteiger partial charge in [0.2, 0.25) is 4.77 Å². The third-order valence-electron chi connectivity index (χ3n) is 3.14. The normalized spacial score (nSPS) is 11.0. The standard InChI is InChI=1S/C15H10ClN5O2S/c16-12-5-2-4-11(8-12)14-18-19-15(24)20(14)17-9-10-3-1-6-13(7-10)21(22)23/h1-9H,(H,19,24)/b17-9+. The molecule has 3 aromatic rings. The number of aromatic nitrogens is 3. The summed E-state index contributed by atoms with van der Waals surface area (Å²) in [4.78, 5) is 10.4. The number of non-ortho nitro benzene ring substituents is 1. The number of nitrogens with one attached hydrogen (secondary N) is 1. The third kappa shape index (κ3) is 3.39. The molecular formula is C15H10ClN5O2S. The first-order valence-electron chi connectivity index (χ1n) is 6.77. The van der Waals surface area contributed by atoms with E-state index in [0.717, 1.165) is 5.56 Å². The lowest BCUT2D eigenvalue weighted by Gasteiger charge is -2.01. The quantitative estimate of drug-likeness (QED) is 0.329. The van der Waals surface area contributed by atoms with E-state index in [1.165, 1.54) is 23.0 Å². The molecule has 120 valence electrons. The van der Waals surface area contributed by atoms with Crippen molar-refractivity contribution in [3.63, 3.8) is 0 Å². The fraction of sp³-hybridized carbons (Fsp3) is 0. The van der Waals surface area contributed by atoms with Crippen LogP contribution in [0.5, 0.6) is 0 Å². The van der Waals surface area contributed by atoms with Gasteiger partial charge in [-0.15, -0.1) is 0 Å². The highest BCUT2D eigenvalue weighted by atomic mass is 35.5. The lowest BCUT2D eigenvalue weighted by Crippen LogP contribution is -1.95. The molecule has 0 atom stereocenters. The fourth-order valence-corrected chi connectivity index (χ4v) is 2.43. The van der Waals surface area contributed by atoms with E-state index in [9.17, 15) is 10.1 Å². The number of rotatable bonds is 4. The van der Waals surface area contributed by atoms with Gasteiger partial charge in [-0.3, -0.25) is 10.1 Å². The second-order valence-corrected chi connectivity index (χ2v) is 5.59. The summed E-state index contributed by atoms with van der Waals surface area (Å²) in [6.07, 6.45) is 1.48. The van der Waals surface area contributed by atoms with Crippen molar-refractivity contribution in [2.45, 2.75) is 0 Å². The van der Waals surface area contributed by atoms with Crippen LogP contribution in [0.4, 0.5) is 5.69 Å². The average Bonchev–Trinajstić information content (AvgIpc) is 2.94. The molecule has 0 aliphatic rings. The summed E-state index contributed by atoms with van der Waals surface area (Å²) in [5.74, 6) is 0.490. The first-order chi connectivity index (χ1) is 11.5. The molecule has 0 saturated heterocycles. The topological polar surface area (TPSA) is 89.1 Å². The SMILES string of the molecule is O=[N+]([O-])c1cccc(/C=N/n2c(-c3cccc(Cl)c3)n[nH]c2=S)c1. The summed E-state index contributed by atoms with van der Waals surface area (Å²) in [7, 11) is 0. The van der Waals surface area contributed by atoms with Crippen molar-refractivity contribution in [2.75, 3.05) is 0 Å². The number of H-pyrrole nitrogens is 1. The van der Waals surface area contributed by atoms with Gasteiger partial charge in [-0.2, -0.15) is 14.9 Å². The Morgan fingerprint density at radius 3 is 2.83 bits per heavy atom. The zero-order chi connectivity index (χ0) is 17.1. The number of aromatic amines is 1. The Labute approximate surface area is 146 Å². The summed E-state index contributed by atoms with van der Waals surface area (Å²) >= 11 is 11.2. The van der Waals surface area contributed by atoms with Crippen molar-refractivity contribution in [1.29, 1.82) is 0 Å². The molecule has 1 aromatic heterocycles. The molecule has 0 bridgehead atoms. The van der Waals surface area contributed by atoms with Gasteiger partial charge in [-0.05, 0) is 24.4 Å². The summed E-state index contributed by atoms with van der Waals surface area (Å²) in [5.41, 5.74) is 1.31. The van der Waals surface area contributed by atoms with Crippen molar-refractivity contribution < 1.29 is 4.92 Å². The number of hydrogen-bond acceptors (Lipinski definition) is 5. The van der Waals surface area contributed by atoms with E-state index < -0.39 is 4.92 Å². The zero-order valence-electron chi connectivity index (χ0n) is 12.1. The van der Waals surface area contributed by atoms with Gasteiger partial charge in [0, 0.05) is 28.3 Å². The van der Waals surface area contributed by atoms with Gasteiger partial charge in [-0.1, -0.05) is 35.9 Å². The van der Waals surface area contributed by atoms with Crippen molar-refractivity contribution in [1.82, 2.24) is 14.9 Å². The highest BCUT2D eigenvalue weighted by molar-refractivity contribution is 7.71. The van der Waals surface area contributed by atoms with Gasteiger partial charge in [0.25, 0.3) is 5.69 Å². The van der Waals surface area contributed by atoms with Gasteiger partial charge in [0.1, 0.15) is 0 Å². The Kier molecular flexibility index (Phi) is 4.50. The van der Waals surface area contributed by atoms with Crippen molar-refractivity contribution in [3.05, 3.63) is 74.0 Å². The van der Waals surface area contributed by atoms with Crippen LogP contribution in [0, 0.1) is 14.9 Å². The molecule has 0 aliphatic heterocycles. The van der Waals surface area contributed by atoms with E-state index in [0.29, 0.717) is 21.2 Å². The Morgan fingerprint density at radius 2 is 2.08 bits per heavy atom. The Hall–Kier alpha value is -2.84. The number of hydrogen-bond donors (Lipinski definition) is 1. The van der Waals surface area contributed by atoms with Crippen LogP contribution in [0.3, 0.4) is 0 Å². The van der Waals surface area contributed by atoms with E-state index in [-0.39, 0.29) is 5.69 Å². The molecule has 0 fully saturated rings. The van der Waals surface area contributed by atoms with Crippen LogP contribution < -0.4 is 0 Å². The highest BCUT2D eigenvalue weighted by Crippen LogP contribution is 2.21. The van der Waals surface area contributed by atoms with Crippen molar-refractivity contribution in [3.8, 4) is 11.4 Å². The summed E-state index contributed by atoms with van der Waals surface area (Å²) in [5, 5.41) is 22.5. The van der Waals surface area contributed by atoms with Crippen molar-refractivity contribution >= 4 is 35.7 Å². The van der Waals surface area contributed by atoms with E-state index in [1.54, 1.807) is 30.3 Å². The van der Waals surface area contributed by atoms with Gasteiger partial charge in [0.05, 0.1) is 11.1 Å². The molecular weight excluding hydrogens is 350 g/mol. The molecule has 9 heteroatoms. The highest BCUT2D eigenvalue weighted by Gasteiger charge is 2.09. The second kappa shape index (κ2) is 6.73.